The molecule has 0 radical (unpaired) electrons. The smallest absolute Gasteiger partial charge is 0.325 e. The molecule has 3 aromatic rings. The highest BCUT2D eigenvalue weighted by atomic mass is 16.5. The molecule has 1 amide bonds. The van der Waals surface area contributed by atoms with E-state index in [0.29, 0.717) is 24.2 Å². The van der Waals surface area contributed by atoms with E-state index >= 15 is 0 Å². The van der Waals surface area contributed by atoms with E-state index in [-0.39, 0.29) is 37.1 Å². The molecule has 0 aliphatic rings. The van der Waals surface area contributed by atoms with Crippen molar-refractivity contribution in [1.29, 1.82) is 0 Å². The molecule has 3 rings (SSSR count). The van der Waals surface area contributed by atoms with Crippen molar-refractivity contribution in [3.63, 3.8) is 0 Å². The standard InChI is InChI=1S/C30H35NO6/c1-3-5-16-36-28(33)18-22-10-12-23(13-11-22)20-31(21-29(34)37-17-6-4-2)30(35)27-9-7-8-24-19-25(32)14-15-26(24)27/h7-15,19,32H,3-6,16-18,20-21H2,1-2H3. The van der Waals surface area contributed by atoms with Gasteiger partial charge >= 0.3 is 11.9 Å². The first-order valence-electron chi connectivity index (χ1n) is 12.8. The van der Waals surface area contributed by atoms with Gasteiger partial charge in [-0.1, -0.05) is 63.1 Å². The molecule has 0 bridgehead atoms. The number of amides is 1. The third-order valence-electron chi connectivity index (χ3n) is 5.97. The molecule has 0 atom stereocenters. The summed E-state index contributed by atoms with van der Waals surface area (Å²) in [5.41, 5.74) is 2.07. The van der Waals surface area contributed by atoms with Crippen LogP contribution in [0.4, 0.5) is 0 Å². The van der Waals surface area contributed by atoms with E-state index in [1.165, 1.54) is 11.0 Å². The number of unbranched alkanes of at least 4 members (excludes halogenated alkanes) is 2. The topological polar surface area (TPSA) is 93.1 Å². The number of carbonyl (C=O) groups excluding carboxylic acids is 3. The quantitative estimate of drug-likeness (QED) is 0.246. The molecule has 3 aromatic carbocycles. The lowest BCUT2D eigenvalue weighted by atomic mass is 10.0. The van der Waals surface area contributed by atoms with Gasteiger partial charge in [0.05, 0.1) is 19.6 Å². The number of ether oxygens (including phenoxy) is 2. The highest BCUT2D eigenvalue weighted by molar-refractivity contribution is 6.07. The fourth-order valence-electron chi connectivity index (χ4n) is 3.89. The zero-order valence-electron chi connectivity index (χ0n) is 21.6. The molecule has 1 N–H and O–H groups in total. The van der Waals surface area contributed by atoms with Crippen LogP contribution in [0.1, 0.15) is 61.0 Å². The first kappa shape index (κ1) is 27.7. The number of esters is 2. The van der Waals surface area contributed by atoms with Gasteiger partial charge in [0.15, 0.2) is 0 Å². The molecule has 0 spiro atoms. The summed E-state index contributed by atoms with van der Waals surface area (Å²) in [6, 6.07) is 17.5. The molecule has 0 aliphatic carbocycles. The maximum Gasteiger partial charge on any atom is 0.325 e. The van der Waals surface area contributed by atoms with Gasteiger partial charge < -0.3 is 19.5 Å². The lowest BCUT2D eigenvalue weighted by molar-refractivity contribution is -0.145. The monoisotopic (exact) mass is 505 g/mol. The van der Waals surface area contributed by atoms with E-state index in [1.807, 2.05) is 44.2 Å². The van der Waals surface area contributed by atoms with Crippen LogP contribution in [0.3, 0.4) is 0 Å². The van der Waals surface area contributed by atoms with Gasteiger partial charge in [-0.25, -0.2) is 0 Å². The number of benzene rings is 3. The van der Waals surface area contributed by atoms with E-state index < -0.39 is 5.97 Å². The van der Waals surface area contributed by atoms with E-state index in [0.717, 1.165) is 42.2 Å². The predicted molar refractivity (Wildman–Crippen MR) is 142 cm³/mol. The van der Waals surface area contributed by atoms with Crippen molar-refractivity contribution in [2.24, 2.45) is 0 Å². The SMILES string of the molecule is CCCCOC(=O)Cc1ccc(CN(CC(=O)OCCCC)C(=O)c2cccc3cc(O)ccc23)cc1. The second-order valence-electron chi connectivity index (χ2n) is 9.01. The van der Waals surface area contributed by atoms with Crippen molar-refractivity contribution in [1.82, 2.24) is 4.90 Å². The predicted octanol–water partition coefficient (Wildman–Crippen LogP) is 5.42. The molecule has 0 aliphatic heterocycles. The number of nitrogens with zero attached hydrogens (tertiary/aromatic N) is 1. The minimum atomic E-state index is -0.467. The number of hydrogen-bond donors (Lipinski definition) is 1. The van der Waals surface area contributed by atoms with Crippen molar-refractivity contribution >= 4 is 28.6 Å². The first-order chi connectivity index (χ1) is 17.9. The van der Waals surface area contributed by atoms with Gasteiger partial charge in [-0.3, -0.25) is 14.4 Å². The summed E-state index contributed by atoms with van der Waals surface area (Å²) in [6.45, 7) is 4.79. The Morgan fingerprint density at radius 1 is 0.811 bits per heavy atom. The van der Waals surface area contributed by atoms with Crippen LogP contribution in [0.15, 0.2) is 60.7 Å². The normalized spacial score (nSPS) is 10.8. The Morgan fingerprint density at radius 2 is 1.46 bits per heavy atom. The zero-order valence-corrected chi connectivity index (χ0v) is 21.6. The molecule has 0 unspecified atom stereocenters. The molecule has 7 heteroatoms. The van der Waals surface area contributed by atoms with E-state index in [1.54, 1.807) is 24.3 Å². The molecule has 196 valence electrons. The summed E-state index contributed by atoms with van der Waals surface area (Å²) >= 11 is 0. The highest BCUT2D eigenvalue weighted by Gasteiger charge is 2.22. The average molecular weight is 506 g/mol. The van der Waals surface area contributed by atoms with Gasteiger partial charge in [-0.15, -0.1) is 0 Å². The molecular formula is C30H35NO6. The number of rotatable bonds is 13. The van der Waals surface area contributed by atoms with Crippen LogP contribution in [0.25, 0.3) is 10.8 Å². The van der Waals surface area contributed by atoms with Crippen LogP contribution in [-0.4, -0.2) is 47.6 Å². The van der Waals surface area contributed by atoms with Crippen LogP contribution in [0.2, 0.25) is 0 Å². The van der Waals surface area contributed by atoms with Crippen LogP contribution in [0, 0.1) is 0 Å². The summed E-state index contributed by atoms with van der Waals surface area (Å²) in [6.07, 6.45) is 3.64. The number of fused-ring (bicyclic) bond motifs is 1. The summed E-state index contributed by atoms with van der Waals surface area (Å²) in [5.74, 6) is -0.934. The van der Waals surface area contributed by atoms with Crippen LogP contribution in [0.5, 0.6) is 5.75 Å². The van der Waals surface area contributed by atoms with E-state index in [9.17, 15) is 19.5 Å². The molecule has 0 saturated heterocycles. The van der Waals surface area contributed by atoms with Crippen molar-refractivity contribution < 1.29 is 29.0 Å². The Balaban J connectivity index is 1.78. The molecule has 0 fully saturated rings. The second kappa shape index (κ2) is 14.0. The zero-order chi connectivity index (χ0) is 26.6. The molecule has 7 nitrogen and oxygen atoms in total. The summed E-state index contributed by atoms with van der Waals surface area (Å²) in [5, 5.41) is 11.2. The number of hydrogen-bond acceptors (Lipinski definition) is 6. The maximum absolute atomic E-state index is 13.6. The number of aromatic hydroxyl groups is 1. The third kappa shape index (κ3) is 8.34. The van der Waals surface area contributed by atoms with Crippen molar-refractivity contribution in [3.05, 3.63) is 77.4 Å². The molecule has 0 saturated carbocycles. The summed E-state index contributed by atoms with van der Waals surface area (Å²) in [4.78, 5) is 39.7. The average Bonchev–Trinajstić information content (AvgIpc) is 2.88. The molecule has 37 heavy (non-hydrogen) atoms. The summed E-state index contributed by atoms with van der Waals surface area (Å²) < 4.78 is 10.6. The van der Waals surface area contributed by atoms with Crippen LogP contribution >= 0.6 is 0 Å². The Labute approximate surface area is 218 Å². The molecular weight excluding hydrogens is 470 g/mol. The minimum absolute atomic E-state index is 0.114. The number of phenols is 1. The second-order valence-corrected chi connectivity index (χ2v) is 9.01. The lowest BCUT2D eigenvalue weighted by Gasteiger charge is -2.23. The van der Waals surface area contributed by atoms with E-state index in [2.05, 4.69) is 0 Å². The van der Waals surface area contributed by atoms with E-state index in [4.69, 9.17) is 9.47 Å². The molecule has 0 heterocycles. The van der Waals surface area contributed by atoms with Crippen molar-refractivity contribution in [2.75, 3.05) is 19.8 Å². The van der Waals surface area contributed by atoms with Crippen LogP contribution < -0.4 is 0 Å². The number of carbonyl (C=O) groups is 3. The Morgan fingerprint density at radius 3 is 2.14 bits per heavy atom. The fourth-order valence-corrected chi connectivity index (χ4v) is 3.89. The third-order valence-corrected chi connectivity index (χ3v) is 5.97. The first-order valence-corrected chi connectivity index (χ1v) is 12.8. The maximum atomic E-state index is 13.6. The summed E-state index contributed by atoms with van der Waals surface area (Å²) in [7, 11) is 0. The Kier molecular flexibility index (Phi) is 10.5. The Hall–Kier alpha value is -3.87. The van der Waals surface area contributed by atoms with Crippen molar-refractivity contribution in [2.45, 2.75) is 52.5 Å². The van der Waals surface area contributed by atoms with Crippen LogP contribution in [-0.2, 0) is 32.0 Å². The van der Waals surface area contributed by atoms with Crippen molar-refractivity contribution in [3.8, 4) is 5.75 Å². The van der Waals surface area contributed by atoms with Gasteiger partial charge in [-0.2, -0.15) is 0 Å². The van der Waals surface area contributed by atoms with Gasteiger partial charge in [0, 0.05) is 12.1 Å². The fraction of sp³-hybridized carbons (Fsp3) is 0.367. The highest BCUT2D eigenvalue weighted by Crippen LogP contribution is 2.25. The minimum Gasteiger partial charge on any atom is -0.508 e. The van der Waals surface area contributed by atoms with Gasteiger partial charge in [-0.05, 0) is 59.0 Å². The van der Waals surface area contributed by atoms with Gasteiger partial charge in [0.2, 0.25) is 0 Å². The van der Waals surface area contributed by atoms with Gasteiger partial charge in [0.25, 0.3) is 5.91 Å². The molecule has 0 aromatic heterocycles. The Bertz CT molecular complexity index is 1200. The largest absolute Gasteiger partial charge is 0.508 e. The lowest BCUT2D eigenvalue weighted by Crippen LogP contribution is -2.36. The van der Waals surface area contributed by atoms with Gasteiger partial charge in [0.1, 0.15) is 12.3 Å². The number of phenolic OH excluding ortho intramolecular Hbond substituents is 1.